The molecule has 1 saturated carbocycles. The minimum absolute atomic E-state index is 0.430. The number of rotatable bonds is 5. The highest BCUT2D eigenvalue weighted by Gasteiger charge is 2.29. The number of nitrogens with one attached hydrogen (secondary N) is 1. The second kappa shape index (κ2) is 6.38. The lowest BCUT2D eigenvalue weighted by Crippen LogP contribution is -2.33. The molecular formula is C16H25NOS. The fourth-order valence-corrected chi connectivity index (χ4v) is 4.45. The van der Waals surface area contributed by atoms with Crippen LogP contribution in [0.2, 0.25) is 0 Å². The van der Waals surface area contributed by atoms with Crippen molar-refractivity contribution in [3.05, 3.63) is 22.4 Å². The molecule has 0 radical (unpaired) electrons. The molecule has 0 spiro atoms. The van der Waals surface area contributed by atoms with Gasteiger partial charge in [0, 0.05) is 17.5 Å². The minimum Gasteiger partial charge on any atom is -0.374 e. The Kier molecular flexibility index (Phi) is 4.57. The van der Waals surface area contributed by atoms with Crippen LogP contribution >= 0.6 is 11.3 Å². The maximum Gasteiger partial charge on any atom is 0.0704 e. The second-order valence-corrected chi connectivity index (χ2v) is 7.07. The molecule has 2 nitrogen and oxygen atoms in total. The zero-order valence-corrected chi connectivity index (χ0v) is 12.6. The van der Waals surface area contributed by atoms with Gasteiger partial charge in [-0.05, 0) is 50.0 Å². The smallest absolute Gasteiger partial charge is 0.0704 e. The minimum atomic E-state index is 0.430. The summed E-state index contributed by atoms with van der Waals surface area (Å²) in [5.74, 6) is 0.831. The van der Waals surface area contributed by atoms with Crippen LogP contribution in [0, 0.1) is 5.92 Å². The van der Waals surface area contributed by atoms with Gasteiger partial charge >= 0.3 is 0 Å². The summed E-state index contributed by atoms with van der Waals surface area (Å²) < 4.78 is 5.93. The molecule has 1 aliphatic heterocycles. The van der Waals surface area contributed by atoms with E-state index in [2.05, 4.69) is 29.8 Å². The van der Waals surface area contributed by atoms with E-state index in [0.717, 1.165) is 12.5 Å². The number of hydrogen-bond acceptors (Lipinski definition) is 3. The van der Waals surface area contributed by atoms with Crippen molar-refractivity contribution in [1.82, 2.24) is 5.32 Å². The molecule has 2 fully saturated rings. The molecule has 3 rings (SSSR count). The van der Waals surface area contributed by atoms with E-state index in [1.54, 1.807) is 0 Å². The van der Waals surface area contributed by atoms with Gasteiger partial charge in [0.15, 0.2) is 0 Å². The summed E-state index contributed by atoms with van der Waals surface area (Å²) in [6.07, 6.45) is 8.91. The molecule has 0 bridgehead atoms. The van der Waals surface area contributed by atoms with E-state index >= 15 is 0 Å². The Hall–Kier alpha value is -0.380. The van der Waals surface area contributed by atoms with E-state index in [1.807, 2.05) is 11.3 Å². The van der Waals surface area contributed by atoms with Crippen molar-refractivity contribution in [2.45, 2.75) is 63.7 Å². The molecule has 106 valence electrons. The average Bonchev–Trinajstić information content (AvgIpc) is 3.11. The molecule has 3 heteroatoms. The van der Waals surface area contributed by atoms with Crippen LogP contribution in [0.15, 0.2) is 17.5 Å². The standard InChI is InChI=1S/C16H25NOS/c1-12-8-9-14(18-12)11-17-16(13-5-2-3-6-13)15-7-4-10-19-15/h4,7,10,12-14,16-17H,2-3,5-6,8-9,11H2,1H3. The van der Waals surface area contributed by atoms with Crippen molar-refractivity contribution in [3.8, 4) is 0 Å². The molecule has 19 heavy (non-hydrogen) atoms. The van der Waals surface area contributed by atoms with Gasteiger partial charge in [0.1, 0.15) is 0 Å². The Labute approximate surface area is 120 Å². The SMILES string of the molecule is CC1CCC(CNC(c2cccs2)C2CCCC2)O1. The van der Waals surface area contributed by atoms with Crippen LogP contribution in [0.25, 0.3) is 0 Å². The van der Waals surface area contributed by atoms with Crippen molar-refractivity contribution in [3.63, 3.8) is 0 Å². The van der Waals surface area contributed by atoms with Crippen LogP contribution < -0.4 is 5.32 Å². The molecule has 0 amide bonds. The van der Waals surface area contributed by atoms with Crippen molar-refractivity contribution in [1.29, 1.82) is 0 Å². The predicted octanol–water partition coefficient (Wildman–Crippen LogP) is 4.14. The van der Waals surface area contributed by atoms with Crippen LogP contribution in [-0.2, 0) is 4.74 Å². The fourth-order valence-electron chi connectivity index (χ4n) is 3.55. The van der Waals surface area contributed by atoms with Crippen molar-refractivity contribution < 1.29 is 4.74 Å². The van der Waals surface area contributed by atoms with E-state index in [-0.39, 0.29) is 0 Å². The molecule has 3 atom stereocenters. The highest BCUT2D eigenvalue weighted by atomic mass is 32.1. The highest BCUT2D eigenvalue weighted by molar-refractivity contribution is 7.10. The molecule has 1 saturated heterocycles. The van der Waals surface area contributed by atoms with Crippen LogP contribution in [-0.4, -0.2) is 18.8 Å². The molecule has 3 unspecified atom stereocenters. The van der Waals surface area contributed by atoms with Crippen LogP contribution in [0.3, 0.4) is 0 Å². The van der Waals surface area contributed by atoms with Crippen LogP contribution in [0.4, 0.5) is 0 Å². The van der Waals surface area contributed by atoms with Crippen molar-refractivity contribution in [2.75, 3.05) is 6.54 Å². The average molecular weight is 279 g/mol. The molecule has 1 aromatic heterocycles. The summed E-state index contributed by atoms with van der Waals surface area (Å²) in [5, 5.41) is 6.01. The van der Waals surface area contributed by atoms with Crippen molar-refractivity contribution >= 4 is 11.3 Å². The largest absolute Gasteiger partial charge is 0.374 e. The van der Waals surface area contributed by atoms with E-state index in [1.165, 1.54) is 43.4 Å². The Morgan fingerprint density at radius 1 is 1.32 bits per heavy atom. The zero-order valence-electron chi connectivity index (χ0n) is 11.8. The van der Waals surface area contributed by atoms with Gasteiger partial charge < -0.3 is 10.1 Å². The molecule has 1 N–H and O–H groups in total. The highest BCUT2D eigenvalue weighted by Crippen LogP contribution is 2.37. The number of thiophene rings is 1. The number of hydrogen-bond donors (Lipinski definition) is 1. The summed E-state index contributed by atoms with van der Waals surface area (Å²) in [5.41, 5.74) is 0. The molecule has 1 aromatic rings. The maximum absolute atomic E-state index is 5.93. The van der Waals surface area contributed by atoms with Gasteiger partial charge in [-0.15, -0.1) is 11.3 Å². The molecule has 2 aliphatic rings. The normalized spacial score (nSPS) is 29.9. The predicted molar refractivity (Wildman–Crippen MR) is 80.6 cm³/mol. The maximum atomic E-state index is 5.93. The lowest BCUT2D eigenvalue weighted by Gasteiger charge is -2.25. The van der Waals surface area contributed by atoms with Gasteiger partial charge in [-0.25, -0.2) is 0 Å². The molecule has 2 heterocycles. The number of ether oxygens (including phenoxy) is 1. The lowest BCUT2D eigenvalue weighted by molar-refractivity contribution is 0.0530. The first kappa shape index (κ1) is 13.6. The molecular weight excluding hydrogens is 254 g/mol. The van der Waals surface area contributed by atoms with Gasteiger partial charge in [0.25, 0.3) is 0 Å². The van der Waals surface area contributed by atoms with Gasteiger partial charge in [-0.3, -0.25) is 0 Å². The van der Waals surface area contributed by atoms with E-state index in [0.29, 0.717) is 18.2 Å². The third-order valence-electron chi connectivity index (χ3n) is 4.61. The van der Waals surface area contributed by atoms with E-state index in [4.69, 9.17) is 4.74 Å². The van der Waals surface area contributed by atoms with Gasteiger partial charge in [-0.1, -0.05) is 18.9 Å². The van der Waals surface area contributed by atoms with E-state index < -0.39 is 0 Å². The first-order chi connectivity index (χ1) is 9.33. The van der Waals surface area contributed by atoms with Crippen molar-refractivity contribution in [2.24, 2.45) is 5.92 Å². The van der Waals surface area contributed by atoms with Crippen LogP contribution in [0.5, 0.6) is 0 Å². The Bertz CT molecular complexity index is 372. The second-order valence-electron chi connectivity index (χ2n) is 6.09. The van der Waals surface area contributed by atoms with Gasteiger partial charge in [0.2, 0.25) is 0 Å². The first-order valence-corrected chi connectivity index (χ1v) is 8.63. The quantitative estimate of drug-likeness (QED) is 0.874. The van der Waals surface area contributed by atoms with Gasteiger partial charge in [0.05, 0.1) is 12.2 Å². The van der Waals surface area contributed by atoms with E-state index in [9.17, 15) is 0 Å². The summed E-state index contributed by atoms with van der Waals surface area (Å²) in [7, 11) is 0. The fraction of sp³-hybridized carbons (Fsp3) is 0.750. The topological polar surface area (TPSA) is 21.3 Å². The summed E-state index contributed by atoms with van der Waals surface area (Å²) >= 11 is 1.90. The monoisotopic (exact) mass is 279 g/mol. The third kappa shape index (κ3) is 3.39. The summed E-state index contributed by atoms with van der Waals surface area (Å²) in [6.45, 7) is 3.21. The zero-order chi connectivity index (χ0) is 13.1. The Balaban J connectivity index is 1.59. The first-order valence-electron chi connectivity index (χ1n) is 7.75. The Morgan fingerprint density at radius 2 is 2.16 bits per heavy atom. The molecule has 1 aliphatic carbocycles. The summed E-state index contributed by atoms with van der Waals surface area (Å²) in [4.78, 5) is 1.51. The van der Waals surface area contributed by atoms with Gasteiger partial charge in [-0.2, -0.15) is 0 Å². The molecule has 0 aromatic carbocycles. The lowest BCUT2D eigenvalue weighted by atomic mass is 9.96. The van der Waals surface area contributed by atoms with Crippen LogP contribution in [0.1, 0.15) is 56.4 Å². The third-order valence-corrected chi connectivity index (χ3v) is 5.56. The summed E-state index contributed by atoms with van der Waals surface area (Å²) in [6, 6.07) is 5.03. The Morgan fingerprint density at radius 3 is 2.79 bits per heavy atom.